The second kappa shape index (κ2) is 6.48. The summed E-state index contributed by atoms with van der Waals surface area (Å²) in [7, 11) is 0. The number of benzene rings is 1. The molecule has 19 heavy (non-hydrogen) atoms. The maximum Gasteiger partial charge on any atom is 0.255 e. The lowest BCUT2D eigenvalue weighted by Crippen LogP contribution is -2.44. The van der Waals surface area contributed by atoms with Gasteiger partial charge in [-0.15, -0.1) is 0 Å². The van der Waals surface area contributed by atoms with E-state index in [1.165, 1.54) is 6.07 Å². The summed E-state index contributed by atoms with van der Waals surface area (Å²) in [4.78, 5) is 14.5. The Balaban J connectivity index is 1.98. The second-order valence-electron chi connectivity index (χ2n) is 4.78. The summed E-state index contributed by atoms with van der Waals surface area (Å²) in [6.45, 7) is 5.15. The molecule has 1 amide bonds. The van der Waals surface area contributed by atoms with Crippen LogP contribution in [0.25, 0.3) is 0 Å². The second-order valence-corrected chi connectivity index (χ2v) is 5.63. The minimum Gasteiger partial charge on any atom is -0.349 e. The zero-order chi connectivity index (χ0) is 13.8. The van der Waals surface area contributed by atoms with Crippen LogP contribution in [0.3, 0.4) is 0 Å². The number of hydrogen-bond donors (Lipinski definition) is 1. The van der Waals surface area contributed by atoms with Crippen molar-refractivity contribution in [2.75, 3.05) is 19.6 Å². The molecule has 0 radical (unpaired) electrons. The third-order valence-electron chi connectivity index (χ3n) is 3.56. The average Bonchev–Trinajstić information content (AvgIpc) is 2.39. The summed E-state index contributed by atoms with van der Waals surface area (Å²) in [5.74, 6) is -0.821. The molecule has 3 nitrogen and oxygen atoms in total. The zero-order valence-corrected chi connectivity index (χ0v) is 12.5. The molecule has 5 heteroatoms. The summed E-state index contributed by atoms with van der Waals surface area (Å²) in [5, 5.41) is 2.93. The van der Waals surface area contributed by atoms with E-state index in [-0.39, 0.29) is 17.5 Å². The Labute approximate surface area is 121 Å². The molecule has 0 atom stereocenters. The van der Waals surface area contributed by atoms with Crippen molar-refractivity contribution in [1.29, 1.82) is 0 Å². The maximum atomic E-state index is 13.7. The van der Waals surface area contributed by atoms with Crippen LogP contribution in [0.15, 0.2) is 22.7 Å². The number of amides is 1. The number of carbonyl (C=O) groups excluding carboxylic acids is 1. The number of nitrogens with zero attached hydrogens (tertiary/aromatic N) is 1. The molecule has 0 unspecified atom stereocenters. The fourth-order valence-corrected chi connectivity index (χ4v) is 2.89. The van der Waals surface area contributed by atoms with Gasteiger partial charge in [0, 0.05) is 23.6 Å². The number of carbonyl (C=O) groups is 1. The van der Waals surface area contributed by atoms with Gasteiger partial charge in [-0.3, -0.25) is 4.79 Å². The quantitative estimate of drug-likeness (QED) is 0.925. The van der Waals surface area contributed by atoms with Gasteiger partial charge >= 0.3 is 0 Å². The standard InChI is InChI=1S/C14H18BrFN2O/c1-2-18-8-6-10(7-9-18)17-14(19)13-11(15)4-3-5-12(13)16/h3-5,10H,2,6-9H2,1H3,(H,17,19). The Kier molecular flexibility index (Phi) is 4.93. The van der Waals surface area contributed by atoms with Crippen LogP contribution in [-0.2, 0) is 0 Å². The first-order valence-corrected chi connectivity index (χ1v) is 7.38. The third-order valence-corrected chi connectivity index (χ3v) is 4.22. The van der Waals surface area contributed by atoms with E-state index in [9.17, 15) is 9.18 Å². The molecule has 104 valence electrons. The minimum atomic E-state index is -0.488. The predicted molar refractivity (Wildman–Crippen MR) is 76.7 cm³/mol. The minimum absolute atomic E-state index is 0.0976. The highest BCUT2D eigenvalue weighted by Gasteiger charge is 2.22. The van der Waals surface area contributed by atoms with E-state index in [2.05, 4.69) is 33.1 Å². The van der Waals surface area contributed by atoms with Crippen LogP contribution in [0, 0.1) is 5.82 Å². The molecule has 1 aliphatic heterocycles. The summed E-state index contributed by atoms with van der Waals surface area (Å²) < 4.78 is 14.2. The topological polar surface area (TPSA) is 32.3 Å². The first kappa shape index (κ1) is 14.5. The Morgan fingerprint density at radius 3 is 2.74 bits per heavy atom. The molecule has 0 spiro atoms. The highest BCUT2D eigenvalue weighted by Crippen LogP contribution is 2.20. The van der Waals surface area contributed by atoms with Gasteiger partial charge in [0.05, 0.1) is 5.56 Å². The van der Waals surface area contributed by atoms with Gasteiger partial charge in [0.25, 0.3) is 5.91 Å². The third kappa shape index (κ3) is 3.54. The molecule has 1 fully saturated rings. The van der Waals surface area contributed by atoms with Gasteiger partial charge in [-0.1, -0.05) is 13.0 Å². The lowest BCUT2D eigenvalue weighted by atomic mass is 10.0. The van der Waals surface area contributed by atoms with Gasteiger partial charge in [0.15, 0.2) is 0 Å². The van der Waals surface area contributed by atoms with Gasteiger partial charge in [-0.05, 0) is 47.4 Å². The van der Waals surface area contributed by atoms with Crippen LogP contribution >= 0.6 is 15.9 Å². The summed E-state index contributed by atoms with van der Waals surface area (Å²) in [5.41, 5.74) is 0.0976. The largest absolute Gasteiger partial charge is 0.349 e. The van der Waals surface area contributed by atoms with Crippen molar-refractivity contribution < 1.29 is 9.18 Å². The summed E-state index contributed by atoms with van der Waals surface area (Å²) in [6.07, 6.45) is 1.84. The highest BCUT2D eigenvalue weighted by molar-refractivity contribution is 9.10. The van der Waals surface area contributed by atoms with Crippen LogP contribution in [0.4, 0.5) is 4.39 Å². The van der Waals surface area contributed by atoms with Gasteiger partial charge in [0.2, 0.25) is 0 Å². The van der Waals surface area contributed by atoms with Crippen molar-refractivity contribution in [1.82, 2.24) is 10.2 Å². The van der Waals surface area contributed by atoms with E-state index in [1.807, 2.05) is 0 Å². The van der Waals surface area contributed by atoms with Gasteiger partial charge in [-0.2, -0.15) is 0 Å². The summed E-state index contributed by atoms with van der Waals surface area (Å²) in [6, 6.07) is 4.70. The number of nitrogens with one attached hydrogen (secondary N) is 1. The van der Waals surface area contributed by atoms with Crippen molar-refractivity contribution in [2.45, 2.75) is 25.8 Å². The number of piperidine rings is 1. The van der Waals surface area contributed by atoms with Gasteiger partial charge < -0.3 is 10.2 Å². The number of hydrogen-bond acceptors (Lipinski definition) is 2. The molecule has 0 bridgehead atoms. The van der Waals surface area contributed by atoms with E-state index >= 15 is 0 Å². The normalized spacial score (nSPS) is 17.4. The molecular formula is C14H18BrFN2O. The molecular weight excluding hydrogens is 311 g/mol. The molecule has 1 aliphatic rings. The fourth-order valence-electron chi connectivity index (χ4n) is 2.37. The molecule has 2 rings (SSSR count). The smallest absolute Gasteiger partial charge is 0.255 e. The summed E-state index contributed by atoms with van der Waals surface area (Å²) >= 11 is 3.22. The van der Waals surface area contributed by atoms with Crippen LogP contribution in [0.5, 0.6) is 0 Å². The van der Waals surface area contributed by atoms with E-state index in [1.54, 1.807) is 12.1 Å². The monoisotopic (exact) mass is 328 g/mol. The Morgan fingerprint density at radius 2 is 2.16 bits per heavy atom. The first-order chi connectivity index (χ1) is 9.11. The predicted octanol–water partition coefficient (Wildman–Crippen LogP) is 2.80. The molecule has 0 saturated carbocycles. The lowest BCUT2D eigenvalue weighted by molar-refractivity contribution is 0.0908. The SMILES string of the molecule is CCN1CCC(NC(=O)c2c(F)cccc2Br)CC1. The van der Waals surface area contributed by atoms with E-state index in [0.717, 1.165) is 32.5 Å². The first-order valence-electron chi connectivity index (χ1n) is 6.59. The molecule has 1 heterocycles. The van der Waals surface area contributed by atoms with Crippen LogP contribution in [-0.4, -0.2) is 36.5 Å². The van der Waals surface area contributed by atoms with Crippen molar-refractivity contribution in [2.24, 2.45) is 0 Å². The molecule has 1 aromatic carbocycles. The Morgan fingerprint density at radius 1 is 1.47 bits per heavy atom. The molecule has 0 aromatic heterocycles. The Bertz CT molecular complexity index is 439. The highest BCUT2D eigenvalue weighted by atomic mass is 79.9. The van der Waals surface area contributed by atoms with Crippen molar-refractivity contribution in [3.8, 4) is 0 Å². The van der Waals surface area contributed by atoms with Crippen molar-refractivity contribution >= 4 is 21.8 Å². The van der Waals surface area contributed by atoms with Crippen LogP contribution in [0.2, 0.25) is 0 Å². The van der Waals surface area contributed by atoms with Crippen LogP contribution < -0.4 is 5.32 Å². The van der Waals surface area contributed by atoms with Crippen LogP contribution in [0.1, 0.15) is 30.1 Å². The number of likely N-dealkylation sites (tertiary alicyclic amines) is 1. The molecule has 1 N–H and O–H groups in total. The van der Waals surface area contributed by atoms with E-state index in [4.69, 9.17) is 0 Å². The van der Waals surface area contributed by atoms with E-state index in [0.29, 0.717) is 4.47 Å². The zero-order valence-electron chi connectivity index (χ0n) is 11.0. The molecule has 1 saturated heterocycles. The van der Waals surface area contributed by atoms with Crippen molar-refractivity contribution in [3.05, 3.63) is 34.1 Å². The molecule has 1 aromatic rings. The van der Waals surface area contributed by atoms with Gasteiger partial charge in [0.1, 0.15) is 5.82 Å². The average molecular weight is 329 g/mol. The van der Waals surface area contributed by atoms with Gasteiger partial charge in [-0.25, -0.2) is 4.39 Å². The maximum absolute atomic E-state index is 13.7. The van der Waals surface area contributed by atoms with Crippen molar-refractivity contribution in [3.63, 3.8) is 0 Å². The lowest BCUT2D eigenvalue weighted by Gasteiger charge is -2.31. The number of halogens is 2. The fraction of sp³-hybridized carbons (Fsp3) is 0.500. The van der Waals surface area contributed by atoms with E-state index < -0.39 is 5.82 Å². The Hall–Kier alpha value is -0.940. The molecule has 0 aliphatic carbocycles. The number of rotatable bonds is 3.